The second kappa shape index (κ2) is 12.8. The van der Waals surface area contributed by atoms with Crippen molar-refractivity contribution in [2.24, 2.45) is 0 Å². The summed E-state index contributed by atoms with van der Waals surface area (Å²) in [7, 11) is 0. The van der Waals surface area contributed by atoms with Crippen molar-refractivity contribution in [3.8, 4) is 0 Å². The number of carbonyl (C=O) groups excluding carboxylic acids is 1. The highest BCUT2D eigenvalue weighted by molar-refractivity contribution is 5.73. The number of aliphatic hydroxyl groups excluding tert-OH is 10. The zero-order valence-electron chi connectivity index (χ0n) is 19.7. The predicted molar refractivity (Wildman–Crippen MR) is 113 cm³/mol. The minimum Gasteiger partial charge on any atom is -0.394 e. The van der Waals surface area contributed by atoms with Crippen LogP contribution in [0.25, 0.3) is 0 Å². The van der Waals surface area contributed by atoms with Gasteiger partial charge in [-0.2, -0.15) is 0 Å². The first kappa shape index (κ1) is 30.4. The highest BCUT2D eigenvalue weighted by Crippen LogP contribution is 2.32. The van der Waals surface area contributed by atoms with E-state index in [4.69, 9.17) is 23.7 Å². The molecule has 3 rings (SSSR count). The molecule has 0 aromatic heterocycles. The lowest BCUT2D eigenvalue weighted by Gasteiger charge is -2.48. The third-order valence-electron chi connectivity index (χ3n) is 6.49. The van der Waals surface area contributed by atoms with Gasteiger partial charge in [0.2, 0.25) is 5.91 Å². The largest absolute Gasteiger partial charge is 0.394 e. The molecule has 3 aliphatic rings. The van der Waals surface area contributed by atoms with Crippen LogP contribution in [0.15, 0.2) is 0 Å². The number of amides is 1. The van der Waals surface area contributed by atoms with Gasteiger partial charge in [0.05, 0.1) is 19.8 Å². The summed E-state index contributed by atoms with van der Waals surface area (Å²) in [5, 5.41) is 103. The molecule has 3 fully saturated rings. The fourth-order valence-electron chi connectivity index (χ4n) is 4.46. The maximum absolute atomic E-state index is 11.4. The number of aliphatic hydroxyl groups is 10. The van der Waals surface area contributed by atoms with Crippen molar-refractivity contribution in [2.45, 2.75) is 99.0 Å². The van der Waals surface area contributed by atoms with E-state index in [1.54, 1.807) is 0 Å². The first-order chi connectivity index (χ1) is 17.4. The number of rotatable bonds is 8. The smallest absolute Gasteiger partial charge is 0.217 e. The summed E-state index contributed by atoms with van der Waals surface area (Å²) in [5.74, 6) is -0.620. The van der Waals surface area contributed by atoms with Gasteiger partial charge in [0, 0.05) is 6.92 Å². The average molecular weight is 545 g/mol. The van der Waals surface area contributed by atoms with Crippen LogP contribution in [0.5, 0.6) is 0 Å². The molecule has 0 aliphatic carbocycles. The molecule has 0 aromatic rings. The quantitative estimate of drug-likeness (QED) is 0.135. The van der Waals surface area contributed by atoms with Crippen LogP contribution in [0.2, 0.25) is 0 Å². The maximum atomic E-state index is 11.4. The molecular formula is C20H35NO16. The van der Waals surface area contributed by atoms with Crippen LogP contribution in [0.4, 0.5) is 0 Å². The van der Waals surface area contributed by atoms with Gasteiger partial charge in [-0.3, -0.25) is 4.79 Å². The third-order valence-corrected chi connectivity index (χ3v) is 6.49. The zero-order valence-corrected chi connectivity index (χ0v) is 19.7. The number of hydrogen-bond acceptors (Lipinski definition) is 16. The summed E-state index contributed by atoms with van der Waals surface area (Å²) in [4.78, 5) is 11.4. The lowest BCUT2D eigenvalue weighted by molar-refractivity contribution is -0.373. The Morgan fingerprint density at radius 1 is 0.649 bits per heavy atom. The number of nitrogens with one attached hydrogen (secondary N) is 1. The van der Waals surface area contributed by atoms with Crippen LogP contribution in [0.1, 0.15) is 6.92 Å². The van der Waals surface area contributed by atoms with Gasteiger partial charge in [0.25, 0.3) is 0 Å². The Hall–Kier alpha value is -1.13. The minimum absolute atomic E-state index is 0.620. The van der Waals surface area contributed by atoms with Gasteiger partial charge < -0.3 is 80.1 Å². The van der Waals surface area contributed by atoms with E-state index in [1.165, 1.54) is 0 Å². The third kappa shape index (κ3) is 6.38. The molecule has 37 heavy (non-hydrogen) atoms. The first-order valence-corrected chi connectivity index (χ1v) is 11.6. The molecule has 0 spiro atoms. The number of carbonyl (C=O) groups is 1. The van der Waals surface area contributed by atoms with E-state index < -0.39 is 118 Å². The normalized spacial score (nSPS) is 49.0. The topological polar surface area (TPSA) is 278 Å². The molecule has 0 aromatic carbocycles. The Balaban J connectivity index is 1.74. The summed E-state index contributed by atoms with van der Waals surface area (Å²) in [6.45, 7) is -1.21. The maximum Gasteiger partial charge on any atom is 0.217 e. The molecule has 0 bridgehead atoms. The van der Waals surface area contributed by atoms with Gasteiger partial charge in [-0.05, 0) is 0 Å². The molecule has 3 saturated heterocycles. The minimum atomic E-state index is -1.92. The van der Waals surface area contributed by atoms with Crippen molar-refractivity contribution in [1.82, 2.24) is 5.32 Å². The molecule has 0 saturated carbocycles. The molecule has 15 atom stereocenters. The fourth-order valence-corrected chi connectivity index (χ4v) is 4.46. The van der Waals surface area contributed by atoms with Crippen LogP contribution in [0.3, 0.4) is 0 Å². The van der Waals surface area contributed by atoms with Gasteiger partial charge in [-0.1, -0.05) is 0 Å². The lowest BCUT2D eigenvalue weighted by atomic mass is 9.95. The molecule has 3 heterocycles. The SMILES string of the molecule is CC(=O)N[C@@H]1[C@@H](O)[C@H](O[C@@H]2O[C@H](CO)[C@@H](O[C@@H]3O[C@H](CO)[C@H](O)[C@H](O)[C@H]3O)[C@H](O)[C@H]2O)[C@@H](CO)O[C@@H]1O. The fraction of sp³-hybridized carbons (Fsp3) is 0.950. The van der Waals surface area contributed by atoms with E-state index >= 15 is 0 Å². The molecule has 11 N–H and O–H groups in total. The van der Waals surface area contributed by atoms with Gasteiger partial charge in [0.1, 0.15) is 73.2 Å². The van der Waals surface area contributed by atoms with E-state index in [0.717, 1.165) is 6.92 Å². The number of ether oxygens (including phenoxy) is 5. The highest BCUT2D eigenvalue weighted by Gasteiger charge is 2.53. The van der Waals surface area contributed by atoms with Gasteiger partial charge in [-0.15, -0.1) is 0 Å². The molecular weight excluding hydrogens is 510 g/mol. The number of hydrogen-bond donors (Lipinski definition) is 11. The Labute approximate surface area is 210 Å². The van der Waals surface area contributed by atoms with E-state index in [-0.39, 0.29) is 0 Å². The Morgan fingerprint density at radius 3 is 1.62 bits per heavy atom. The van der Waals surface area contributed by atoms with E-state index in [1.807, 2.05) is 0 Å². The van der Waals surface area contributed by atoms with Crippen molar-refractivity contribution >= 4 is 5.91 Å². The summed E-state index contributed by atoms with van der Waals surface area (Å²) < 4.78 is 26.9. The summed E-state index contributed by atoms with van der Waals surface area (Å²) >= 11 is 0. The molecule has 3 aliphatic heterocycles. The van der Waals surface area contributed by atoms with Crippen molar-refractivity contribution < 1.29 is 79.5 Å². The zero-order chi connectivity index (χ0) is 27.6. The monoisotopic (exact) mass is 545 g/mol. The van der Waals surface area contributed by atoms with E-state index in [9.17, 15) is 55.9 Å². The summed E-state index contributed by atoms with van der Waals surface area (Å²) in [6, 6.07) is -1.38. The first-order valence-electron chi connectivity index (χ1n) is 11.6. The average Bonchev–Trinajstić information content (AvgIpc) is 2.87. The van der Waals surface area contributed by atoms with E-state index in [0.29, 0.717) is 0 Å². The van der Waals surface area contributed by atoms with Crippen molar-refractivity contribution in [3.63, 3.8) is 0 Å². The summed E-state index contributed by atoms with van der Waals surface area (Å²) in [6.07, 6.45) is -23.2. The Kier molecular flexibility index (Phi) is 10.5. The summed E-state index contributed by atoms with van der Waals surface area (Å²) in [5.41, 5.74) is 0. The van der Waals surface area contributed by atoms with Crippen LogP contribution in [0, 0.1) is 0 Å². The second-order valence-corrected chi connectivity index (χ2v) is 9.07. The molecule has 17 nitrogen and oxygen atoms in total. The van der Waals surface area contributed by atoms with Gasteiger partial charge in [0.15, 0.2) is 18.9 Å². The van der Waals surface area contributed by atoms with Gasteiger partial charge >= 0.3 is 0 Å². The van der Waals surface area contributed by atoms with Crippen molar-refractivity contribution in [3.05, 3.63) is 0 Å². The van der Waals surface area contributed by atoms with Crippen molar-refractivity contribution in [1.29, 1.82) is 0 Å². The predicted octanol–water partition coefficient (Wildman–Crippen LogP) is -7.43. The molecule has 216 valence electrons. The lowest BCUT2D eigenvalue weighted by Crippen LogP contribution is -2.68. The van der Waals surface area contributed by atoms with Crippen LogP contribution < -0.4 is 5.32 Å². The molecule has 0 unspecified atom stereocenters. The van der Waals surface area contributed by atoms with Crippen LogP contribution >= 0.6 is 0 Å². The van der Waals surface area contributed by atoms with Gasteiger partial charge in [-0.25, -0.2) is 0 Å². The Bertz CT molecular complexity index is 743. The molecule has 17 heteroatoms. The second-order valence-electron chi connectivity index (χ2n) is 9.07. The van der Waals surface area contributed by atoms with Crippen LogP contribution in [-0.2, 0) is 28.5 Å². The highest BCUT2D eigenvalue weighted by atomic mass is 16.7. The molecule has 0 radical (unpaired) electrons. The molecule has 1 amide bonds. The van der Waals surface area contributed by atoms with Crippen molar-refractivity contribution in [2.75, 3.05) is 19.8 Å². The van der Waals surface area contributed by atoms with E-state index in [2.05, 4.69) is 5.32 Å². The Morgan fingerprint density at radius 2 is 1.11 bits per heavy atom. The standard InChI is InChI=1S/C20H35NO16/c1-5(25)21-9-11(27)16(7(3-23)33-18(9)32)36-20-15(31)13(29)17(8(4-24)35-20)37-19-14(30)12(28)10(26)6(2-22)34-19/h6-20,22-24,26-32H,2-4H2,1H3,(H,21,25)/t6-,7-,8-,9-,10+,11-,12+,13-,14-,15-,16-,17-,18+,19+,20+/m1/s1. The van der Waals surface area contributed by atoms with Crippen LogP contribution in [-0.4, -0.2) is 169 Å².